The van der Waals surface area contributed by atoms with Crippen LogP contribution in [-0.2, 0) is 0 Å². The Labute approximate surface area is 120 Å². The van der Waals surface area contributed by atoms with E-state index in [4.69, 9.17) is 10.5 Å². The van der Waals surface area contributed by atoms with E-state index in [1.54, 1.807) is 0 Å². The van der Waals surface area contributed by atoms with Crippen LogP contribution in [0.15, 0.2) is 48.5 Å². The first kappa shape index (κ1) is 14.3. The van der Waals surface area contributed by atoms with Gasteiger partial charge in [0.15, 0.2) is 0 Å². The summed E-state index contributed by atoms with van der Waals surface area (Å²) < 4.78 is 5.53. The molecule has 0 fully saturated rings. The van der Waals surface area contributed by atoms with E-state index in [1.165, 1.54) is 5.56 Å². The summed E-state index contributed by atoms with van der Waals surface area (Å²) in [6.07, 6.45) is 1.00. The number of rotatable bonds is 6. The molecule has 0 heterocycles. The largest absolute Gasteiger partial charge is 0.494 e. The summed E-state index contributed by atoms with van der Waals surface area (Å²) in [6.45, 7) is 4.77. The molecule has 3 heteroatoms. The third kappa shape index (κ3) is 3.67. The molecule has 0 radical (unpaired) electrons. The van der Waals surface area contributed by atoms with Crippen molar-refractivity contribution < 1.29 is 4.74 Å². The van der Waals surface area contributed by atoms with Gasteiger partial charge in [-0.1, -0.05) is 37.3 Å². The summed E-state index contributed by atoms with van der Waals surface area (Å²) in [5.74, 6) is 0.804. The minimum absolute atomic E-state index is 0.271. The highest BCUT2D eigenvalue weighted by Crippen LogP contribution is 2.27. The van der Waals surface area contributed by atoms with Gasteiger partial charge in [0, 0.05) is 23.5 Å². The standard InChI is InChI=1S/C17H22N2O/c1-3-17(13-8-6-5-7-9-13)19-15-10-14(18)11-16(12-15)20-4-2/h5-12,17,19H,3-4,18H2,1-2H3. The van der Waals surface area contributed by atoms with Crippen LogP contribution in [0.5, 0.6) is 5.75 Å². The first-order chi connectivity index (χ1) is 9.72. The molecule has 0 bridgehead atoms. The summed E-state index contributed by atoms with van der Waals surface area (Å²) in [5, 5.41) is 3.52. The number of benzene rings is 2. The number of hydrogen-bond donors (Lipinski definition) is 2. The Balaban J connectivity index is 2.19. The molecule has 0 spiro atoms. The average molecular weight is 270 g/mol. The van der Waals surface area contributed by atoms with Crippen molar-refractivity contribution in [2.75, 3.05) is 17.7 Å². The second kappa shape index (κ2) is 6.85. The molecule has 0 aromatic heterocycles. The number of hydrogen-bond acceptors (Lipinski definition) is 3. The second-order valence-electron chi connectivity index (χ2n) is 4.74. The van der Waals surface area contributed by atoms with E-state index in [2.05, 4.69) is 36.5 Å². The van der Waals surface area contributed by atoms with Crippen molar-refractivity contribution in [3.8, 4) is 5.75 Å². The molecule has 2 aromatic rings. The molecule has 0 amide bonds. The lowest BCUT2D eigenvalue weighted by Gasteiger charge is -2.19. The van der Waals surface area contributed by atoms with Crippen molar-refractivity contribution in [1.29, 1.82) is 0 Å². The summed E-state index contributed by atoms with van der Waals surface area (Å²) in [4.78, 5) is 0. The SMILES string of the molecule is CCOc1cc(N)cc(NC(CC)c2ccccc2)c1. The van der Waals surface area contributed by atoms with Crippen LogP contribution in [-0.4, -0.2) is 6.61 Å². The van der Waals surface area contributed by atoms with Gasteiger partial charge in [-0.3, -0.25) is 0 Å². The normalized spacial score (nSPS) is 11.9. The summed E-state index contributed by atoms with van der Waals surface area (Å²) in [7, 11) is 0. The Morgan fingerprint density at radius 2 is 1.85 bits per heavy atom. The fourth-order valence-electron chi connectivity index (χ4n) is 2.26. The van der Waals surface area contributed by atoms with Gasteiger partial charge >= 0.3 is 0 Å². The van der Waals surface area contributed by atoms with E-state index >= 15 is 0 Å². The topological polar surface area (TPSA) is 47.3 Å². The van der Waals surface area contributed by atoms with Crippen LogP contribution in [0.1, 0.15) is 31.9 Å². The number of nitrogens with two attached hydrogens (primary N) is 1. The van der Waals surface area contributed by atoms with Gasteiger partial charge in [0.25, 0.3) is 0 Å². The summed E-state index contributed by atoms with van der Waals surface area (Å²) in [5.41, 5.74) is 8.90. The van der Waals surface area contributed by atoms with E-state index in [0.717, 1.165) is 17.9 Å². The smallest absolute Gasteiger partial charge is 0.123 e. The first-order valence-electron chi connectivity index (χ1n) is 7.07. The molecule has 0 saturated carbocycles. The van der Waals surface area contributed by atoms with Crippen LogP contribution in [0.25, 0.3) is 0 Å². The molecule has 2 rings (SSSR count). The maximum Gasteiger partial charge on any atom is 0.123 e. The van der Waals surface area contributed by atoms with Crippen molar-refractivity contribution in [2.24, 2.45) is 0 Å². The minimum Gasteiger partial charge on any atom is -0.494 e. The zero-order chi connectivity index (χ0) is 14.4. The third-order valence-corrected chi connectivity index (χ3v) is 3.19. The van der Waals surface area contributed by atoms with Crippen molar-refractivity contribution >= 4 is 11.4 Å². The quantitative estimate of drug-likeness (QED) is 0.772. The average Bonchev–Trinajstić information content (AvgIpc) is 2.45. The number of ether oxygens (including phenoxy) is 1. The van der Waals surface area contributed by atoms with Crippen molar-refractivity contribution in [3.05, 3.63) is 54.1 Å². The van der Waals surface area contributed by atoms with Gasteiger partial charge in [0.2, 0.25) is 0 Å². The predicted octanol–water partition coefficient (Wildman–Crippen LogP) is 4.23. The third-order valence-electron chi connectivity index (χ3n) is 3.19. The second-order valence-corrected chi connectivity index (χ2v) is 4.74. The molecule has 1 atom stereocenters. The molecule has 0 aliphatic heterocycles. The van der Waals surface area contributed by atoms with Gasteiger partial charge < -0.3 is 15.8 Å². The van der Waals surface area contributed by atoms with Gasteiger partial charge in [-0.25, -0.2) is 0 Å². The van der Waals surface area contributed by atoms with Crippen LogP contribution >= 0.6 is 0 Å². The summed E-state index contributed by atoms with van der Waals surface area (Å²) >= 11 is 0. The lowest BCUT2D eigenvalue weighted by Crippen LogP contribution is -2.10. The lowest BCUT2D eigenvalue weighted by molar-refractivity contribution is 0.340. The zero-order valence-electron chi connectivity index (χ0n) is 12.1. The van der Waals surface area contributed by atoms with E-state index in [-0.39, 0.29) is 6.04 Å². The van der Waals surface area contributed by atoms with Crippen LogP contribution in [0.2, 0.25) is 0 Å². The molecule has 106 valence electrons. The van der Waals surface area contributed by atoms with E-state index in [0.29, 0.717) is 12.3 Å². The first-order valence-corrected chi connectivity index (χ1v) is 7.07. The molecule has 0 saturated heterocycles. The van der Waals surface area contributed by atoms with Gasteiger partial charge in [-0.15, -0.1) is 0 Å². The molecular weight excluding hydrogens is 248 g/mol. The molecule has 20 heavy (non-hydrogen) atoms. The van der Waals surface area contributed by atoms with Gasteiger partial charge in [0.05, 0.1) is 12.6 Å². The molecule has 0 aliphatic carbocycles. The fourth-order valence-corrected chi connectivity index (χ4v) is 2.26. The van der Waals surface area contributed by atoms with Crippen molar-refractivity contribution in [3.63, 3.8) is 0 Å². The predicted molar refractivity (Wildman–Crippen MR) is 85.1 cm³/mol. The highest BCUT2D eigenvalue weighted by molar-refractivity contribution is 5.60. The molecule has 3 N–H and O–H groups in total. The molecule has 2 aromatic carbocycles. The Hall–Kier alpha value is -2.16. The van der Waals surface area contributed by atoms with Crippen molar-refractivity contribution in [1.82, 2.24) is 0 Å². The molecule has 1 unspecified atom stereocenters. The van der Waals surface area contributed by atoms with Crippen LogP contribution in [0.4, 0.5) is 11.4 Å². The highest BCUT2D eigenvalue weighted by atomic mass is 16.5. The number of nitrogen functional groups attached to an aromatic ring is 1. The number of nitrogens with one attached hydrogen (secondary N) is 1. The number of anilines is 2. The van der Waals surface area contributed by atoms with Crippen LogP contribution in [0, 0.1) is 0 Å². The lowest BCUT2D eigenvalue weighted by atomic mass is 10.0. The molecule has 3 nitrogen and oxygen atoms in total. The molecule has 0 aliphatic rings. The minimum atomic E-state index is 0.271. The Morgan fingerprint density at radius 3 is 2.50 bits per heavy atom. The Kier molecular flexibility index (Phi) is 4.88. The fraction of sp³-hybridized carbons (Fsp3) is 0.294. The highest BCUT2D eigenvalue weighted by Gasteiger charge is 2.09. The monoisotopic (exact) mass is 270 g/mol. The van der Waals surface area contributed by atoms with Gasteiger partial charge in [-0.2, -0.15) is 0 Å². The van der Waals surface area contributed by atoms with E-state index < -0.39 is 0 Å². The summed E-state index contributed by atoms with van der Waals surface area (Å²) in [6, 6.07) is 16.5. The maximum absolute atomic E-state index is 5.93. The van der Waals surface area contributed by atoms with E-state index in [9.17, 15) is 0 Å². The van der Waals surface area contributed by atoms with E-state index in [1.807, 2.05) is 31.2 Å². The van der Waals surface area contributed by atoms with Gasteiger partial charge in [0.1, 0.15) is 5.75 Å². The Morgan fingerprint density at radius 1 is 1.10 bits per heavy atom. The van der Waals surface area contributed by atoms with Gasteiger partial charge in [-0.05, 0) is 25.0 Å². The Bertz CT molecular complexity index is 540. The van der Waals surface area contributed by atoms with Crippen LogP contribution < -0.4 is 15.8 Å². The zero-order valence-corrected chi connectivity index (χ0v) is 12.1. The van der Waals surface area contributed by atoms with Crippen molar-refractivity contribution in [2.45, 2.75) is 26.3 Å². The maximum atomic E-state index is 5.93. The van der Waals surface area contributed by atoms with Crippen LogP contribution in [0.3, 0.4) is 0 Å². The molecular formula is C17H22N2O.